The van der Waals surface area contributed by atoms with Gasteiger partial charge in [0.2, 0.25) is 0 Å². The summed E-state index contributed by atoms with van der Waals surface area (Å²) in [5.74, 6) is 0. The number of hydrazine groups is 1. The molecule has 6 nitrogen and oxygen atoms in total. The van der Waals surface area contributed by atoms with Crippen LogP contribution in [-0.2, 0) is 0 Å². The number of nitroso groups, excluding NO2 is 1. The van der Waals surface area contributed by atoms with Crippen LogP contribution in [0, 0.1) is 4.91 Å². The van der Waals surface area contributed by atoms with Crippen molar-refractivity contribution in [2.45, 2.75) is 13.3 Å². The Hall–Kier alpha value is -0.720. The van der Waals surface area contributed by atoms with E-state index in [0.717, 1.165) is 6.42 Å². The van der Waals surface area contributed by atoms with E-state index in [4.69, 9.17) is 5.21 Å². The summed E-state index contributed by atoms with van der Waals surface area (Å²) in [6, 6.07) is 0. The largest absolute Gasteiger partial charge is 0.356 e. The summed E-state index contributed by atoms with van der Waals surface area (Å²) in [6.45, 7) is 3.73. The van der Waals surface area contributed by atoms with Crippen molar-refractivity contribution in [3.63, 3.8) is 0 Å². The Labute approximate surface area is 65.4 Å². The average molecular weight is 163 g/mol. The molecule has 0 spiro atoms. The fourth-order valence-electron chi connectivity index (χ4n) is 0.783. The predicted molar refractivity (Wildman–Crippen MR) is 39.0 cm³/mol. The predicted octanol–water partition coefficient (Wildman–Crippen LogP) is -0.772. The summed E-state index contributed by atoms with van der Waals surface area (Å²) in [5, 5.41) is 13.0. The third kappa shape index (κ3) is 3.87. The van der Waals surface area contributed by atoms with Crippen molar-refractivity contribution >= 4 is 0 Å². The Morgan fingerprint density at radius 3 is 2.55 bits per heavy atom. The minimum absolute atomic E-state index is 0.328. The SMILES string of the molecule is CCCN(CC[NH3+])N(O)N=O. The van der Waals surface area contributed by atoms with Gasteiger partial charge in [0, 0.05) is 6.54 Å². The molecule has 0 radical (unpaired) electrons. The molecule has 0 amide bonds. The van der Waals surface area contributed by atoms with Crippen LogP contribution in [0.2, 0.25) is 0 Å². The molecule has 6 heteroatoms. The minimum atomic E-state index is 0.328. The van der Waals surface area contributed by atoms with E-state index in [1.54, 1.807) is 0 Å². The molecule has 0 unspecified atom stereocenters. The van der Waals surface area contributed by atoms with Crippen LogP contribution < -0.4 is 5.73 Å². The highest BCUT2D eigenvalue weighted by Crippen LogP contribution is 1.94. The highest BCUT2D eigenvalue weighted by Gasteiger charge is 2.10. The molecule has 0 rings (SSSR count). The van der Waals surface area contributed by atoms with Gasteiger partial charge in [-0.1, -0.05) is 12.2 Å². The van der Waals surface area contributed by atoms with Gasteiger partial charge in [0.1, 0.15) is 0 Å². The maximum Gasteiger partial charge on any atom is 0.0962 e. The Balaban J connectivity index is 3.75. The fraction of sp³-hybridized carbons (Fsp3) is 1.00. The molecule has 0 aromatic rings. The van der Waals surface area contributed by atoms with Gasteiger partial charge < -0.3 is 5.73 Å². The standard InChI is InChI=1S/C5H14N4O2/c1-2-4-8(5-3-6)9(11)7-10/h11H,2-6H2,1H3/p+1. The molecule has 0 saturated carbocycles. The van der Waals surface area contributed by atoms with Gasteiger partial charge in [-0.3, -0.25) is 5.21 Å². The van der Waals surface area contributed by atoms with Crippen LogP contribution in [0.25, 0.3) is 0 Å². The zero-order chi connectivity index (χ0) is 8.69. The van der Waals surface area contributed by atoms with Gasteiger partial charge in [0.25, 0.3) is 0 Å². The summed E-state index contributed by atoms with van der Waals surface area (Å²) in [6.07, 6.45) is 0.854. The fourth-order valence-corrected chi connectivity index (χ4v) is 0.783. The van der Waals surface area contributed by atoms with Gasteiger partial charge in [-0.05, 0) is 6.42 Å². The highest BCUT2D eigenvalue weighted by atomic mass is 16.6. The van der Waals surface area contributed by atoms with Gasteiger partial charge in [-0.15, -0.1) is 4.91 Å². The van der Waals surface area contributed by atoms with Gasteiger partial charge in [0.05, 0.1) is 18.4 Å². The summed E-state index contributed by atoms with van der Waals surface area (Å²) < 4.78 is 0. The second-order valence-corrected chi connectivity index (χ2v) is 2.16. The van der Waals surface area contributed by atoms with Crippen LogP contribution in [0.1, 0.15) is 13.3 Å². The molecule has 0 atom stereocenters. The zero-order valence-electron chi connectivity index (χ0n) is 6.73. The van der Waals surface area contributed by atoms with E-state index in [1.165, 1.54) is 5.01 Å². The lowest BCUT2D eigenvalue weighted by atomic mass is 10.4. The molecular weight excluding hydrogens is 148 g/mol. The normalized spacial score (nSPS) is 10.2. The van der Waals surface area contributed by atoms with Crippen molar-refractivity contribution in [2.24, 2.45) is 5.29 Å². The molecular formula is C5H15N4O2+. The summed E-state index contributed by atoms with van der Waals surface area (Å²) in [7, 11) is 0. The van der Waals surface area contributed by atoms with E-state index in [-0.39, 0.29) is 0 Å². The number of hydrogen-bond acceptors (Lipinski definition) is 4. The summed E-state index contributed by atoms with van der Waals surface area (Å²) in [5.41, 5.74) is 3.60. The quantitative estimate of drug-likeness (QED) is 0.397. The maximum atomic E-state index is 9.86. The molecule has 0 aromatic carbocycles. The van der Waals surface area contributed by atoms with Crippen LogP contribution in [0.15, 0.2) is 5.29 Å². The molecule has 0 fully saturated rings. The molecule has 0 bridgehead atoms. The van der Waals surface area contributed by atoms with Crippen LogP contribution in [0.3, 0.4) is 0 Å². The van der Waals surface area contributed by atoms with Crippen molar-refractivity contribution in [1.29, 1.82) is 0 Å². The first kappa shape index (κ1) is 10.3. The van der Waals surface area contributed by atoms with E-state index in [2.05, 4.69) is 11.0 Å². The van der Waals surface area contributed by atoms with Crippen molar-refractivity contribution < 1.29 is 10.9 Å². The van der Waals surface area contributed by atoms with Gasteiger partial charge in [-0.2, -0.15) is 5.01 Å². The topological polar surface area (TPSA) is 83.8 Å². The van der Waals surface area contributed by atoms with E-state index >= 15 is 0 Å². The molecule has 66 valence electrons. The van der Waals surface area contributed by atoms with Crippen LogP contribution in [0.4, 0.5) is 0 Å². The molecule has 11 heavy (non-hydrogen) atoms. The Morgan fingerprint density at radius 1 is 1.55 bits per heavy atom. The van der Waals surface area contributed by atoms with Gasteiger partial charge in [-0.25, -0.2) is 0 Å². The third-order valence-electron chi connectivity index (χ3n) is 1.22. The number of hydrogen-bond donors (Lipinski definition) is 2. The van der Waals surface area contributed by atoms with E-state index in [0.29, 0.717) is 24.9 Å². The lowest BCUT2D eigenvalue weighted by Gasteiger charge is -2.21. The molecule has 0 aliphatic heterocycles. The third-order valence-corrected chi connectivity index (χ3v) is 1.22. The lowest BCUT2D eigenvalue weighted by molar-refractivity contribution is -0.380. The first-order chi connectivity index (χ1) is 5.26. The van der Waals surface area contributed by atoms with Crippen LogP contribution in [0.5, 0.6) is 0 Å². The number of nitrogens with zero attached hydrogens (tertiary/aromatic N) is 3. The van der Waals surface area contributed by atoms with Crippen LogP contribution in [-0.4, -0.2) is 35.1 Å². The van der Waals surface area contributed by atoms with Crippen LogP contribution >= 0.6 is 0 Å². The van der Waals surface area contributed by atoms with Crippen molar-refractivity contribution in [3.05, 3.63) is 4.91 Å². The first-order valence-electron chi connectivity index (χ1n) is 3.62. The molecule has 0 aliphatic rings. The van der Waals surface area contributed by atoms with E-state index in [9.17, 15) is 4.91 Å². The molecule has 0 saturated heterocycles. The number of rotatable bonds is 6. The zero-order valence-corrected chi connectivity index (χ0v) is 6.73. The Kier molecular flexibility index (Phi) is 5.63. The van der Waals surface area contributed by atoms with E-state index < -0.39 is 0 Å². The first-order valence-corrected chi connectivity index (χ1v) is 3.62. The maximum absolute atomic E-state index is 9.86. The number of quaternary nitrogens is 1. The smallest absolute Gasteiger partial charge is 0.0962 e. The second-order valence-electron chi connectivity index (χ2n) is 2.16. The van der Waals surface area contributed by atoms with Crippen molar-refractivity contribution in [1.82, 2.24) is 10.3 Å². The lowest BCUT2D eigenvalue weighted by Crippen LogP contribution is -2.56. The van der Waals surface area contributed by atoms with Gasteiger partial charge >= 0.3 is 0 Å². The van der Waals surface area contributed by atoms with E-state index in [1.807, 2.05) is 6.92 Å². The molecule has 4 N–H and O–H groups in total. The summed E-state index contributed by atoms with van der Waals surface area (Å²) in [4.78, 5) is 9.86. The van der Waals surface area contributed by atoms with Crippen molar-refractivity contribution in [3.8, 4) is 0 Å². The molecule has 0 heterocycles. The monoisotopic (exact) mass is 163 g/mol. The average Bonchev–Trinajstić information content (AvgIpc) is 2.03. The summed E-state index contributed by atoms with van der Waals surface area (Å²) >= 11 is 0. The molecule has 0 aromatic heterocycles. The second kappa shape index (κ2) is 6.02. The Morgan fingerprint density at radius 2 is 2.18 bits per heavy atom. The van der Waals surface area contributed by atoms with Crippen molar-refractivity contribution in [2.75, 3.05) is 19.6 Å². The Bertz CT molecular complexity index is 105. The minimum Gasteiger partial charge on any atom is -0.356 e. The molecule has 0 aliphatic carbocycles. The highest BCUT2D eigenvalue weighted by molar-refractivity contribution is 4.45. The van der Waals surface area contributed by atoms with Gasteiger partial charge in [0.15, 0.2) is 0 Å².